The summed E-state index contributed by atoms with van der Waals surface area (Å²) in [5.41, 5.74) is 2.90. The van der Waals surface area contributed by atoms with Crippen molar-refractivity contribution in [3.63, 3.8) is 0 Å². The number of nitrogens with one attached hydrogen (secondary N) is 1. The number of fused-ring (bicyclic) bond motifs is 1. The lowest BCUT2D eigenvalue weighted by atomic mass is 10.1. The Morgan fingerprint density at radius 2 is 1.96 bits per heavy atom. The van der Waals surface area contributed by atoms with Gasteiger partial charge in [0.2, 0.25) is 5.91 Å². The molecule has 0 radical (unpaired) electrons. The third-order valence-corrected chi connectivity index (χ3v) is 5.62. The molecule has 3 aromatic rings. The zero-order chi connectivity index (χ0) is 19.9. The number of likely N-dealkylation sites (N-methyl/N-ethyl adjacent to an activating group) is 1. The number of carbonyl (C=O) groups excluding carboxylic acids is 1. The van der Waals surface area contributed by atoms with Crippen molar-refractivity contribution in [3.05, 3.63) is 41.5 Å². The van der Waals surface area contributed by atoms with Crippen molar-refractivity contribution in [2.75, 3.05) is 32.8 Å². The van der Waals surface area contributed by atoms with Gasteiger partial charge in [-0.25, -0.2) is 4.98 Å². The maximum absolute atomic E-state index is 12.3. The average molecular weight is 401 g/mol. The molecule has 0 spiro atoms. The lowest BCUT2D eigenvalue weighted by molar-refractivity contribution is -0.120. The molecule has 0 aliphatic heterocycles. The maximum atomic E-state index is 12.3. The molecule has 1 N–H and O–H groups in total. The number of aromatic nitrogens is 2. The van der Waals surface area contributed by atoms with Gasteiger partial charge in [-0.2, -0.15) is 0 Å². The molecule has 0 unspecified atom stereocenters. The molecule has 0 aliphatic carbocycles. The summed E-state index contributed by atoms with van der Waals surface area (Å²) in [5, 5.41) is 5.03. The largest absolute Gasteiger partial charge is 0.494 e. The van der Waals surface area contributed by atoms with E-state index in [2.05, 4.69) is 24.1 Å². The molecular weight excluding hydrogens is 372 g/mol. The smallest absolute Gasteiger partial charge is 0.226 e. The van der Waals surface area contributed by atoms with Gasteiger partial charge in [-0.1, -0.05) is 13.8 Å². The minimum Gasteiger partial charge on any atom is -0.494 e. The number of hydrogen-bond acceptors (Lipinski definition) is 5. The molecule has 6 nitrogen and oxygen atoms in total. The number of imidazole rings is 1. The summed E-state index contributed by atoms with van der Waals surface area (Å²) in [4.78, 5) is 20.2. The van der Waals surface area contributed by atoms with Crippen LogP contribution in [-0.2, 0) is 11.2 Å². The van der Waals surface area contributed by atoms with Gasteiger partial charge in [-0.05, 0) is 44.3 Å². The number of nitrogens with zero attached hydrogens (tertiary/aromatic N) is 3. The van der Waals surface area contributed by atoms with Crippen LogP contribution in [-0.4, -0.2) is 53.0 Å². The maximum Gasteiger partial charge on any atom is 0.226 e. The predicted molar refractivity (Wildman–Crippen MR) is 114 cm³/mol. The van der Waals surface area contributed by atoms with E-state index in [1.165, 1.54) is 0 Å². The van der Waals surface area contributed by atoms with E-state index in [-0.39, 0.29) is 5.91 Å². The lowest BCUT2D eigenvalue weighted by Crippen LogP contribution is -2.35. The summed E-state index contributed by atoms with van der Waals surface area (Å²) in [6.45, 7) is 10.4. The Morgan fingerprint density at radius 3 is 2.64 bits per heavy atom. The van der Waals surface area contributed by atoms with Crippen molar-refractivity contribution in [2.45, 2.75) is 27.2 Å². The summed E-state index contributed by atoms with van der Waals surface area (Å²) in [6, 6.07) is 7.93. The summed E-state index contributed by atoms with van der Waals surface area (Å²) in [6.07, 6.45) is 2.36. The van der Waals surface area contributed by atoms with Crippen LogP contribution in [0.2, 0.25) is 0 Å². The monoisotopic (exact) mass is 400 g/mol. The summed E-state index contributed by atoms with van der Waals surface area (Å²) in [7, 11) is 0. The number of rotatable bonds is 10. The molecule has 0 fully saturated rings. The van der Waals surface area contributed by atoms with E-state index in [4.69, 9.17) is 9.72 Å². The molecular formula is C21H28N4O2S. The second-order valence-electron chi connectivity index (χ2n) is 6.52. The van der Waals surface area contributed by atoms with Gasteiger partial charge in [0.15, 0.2) is 4.96 Å². The van der Waals surface area contributed by atoms with E-state index in [0.29, 0.717) is 19.6 Å². The molecule has 150 valence electrons. The van der Waals surface area contributed by atoms with Crippen molar-refractivity contribution in [1.82, 2.24) is 19.6 Å². The Kier molecular flexibility index (Phi) is 7.06. The first kappa shape index (κ1) is 20.4. The van der Waals surface area contributed by atoms with Crippen LogP contribution in [0, 0.1) is 0 Å². The van der Waals surface area contributed by atoms with E-state index < -0.39 is 0 Å². The highest BCUT2D eigenvalue weighted by Crippen LogP contribution is 2.25. The Bertz CT molecular complexity index is 897. The van der Waals surface area contributed by atoms with Gasteiger partial charge in [0.05, 0.1) is 18.7 Å². The van der Waals surface area contributed by atoms with Gasteiger partial charge in [0, 0.05) is 35.9 Å². The van der Waals surface area contributed by atoms with Gasteiger partial charge in [0.1, 0.15) is 5.75 Å². The minimum absolute atomic E-state index is 0.0446. The van der Waals surface area contributed by atoms with Gasteiger partial charge in [-0.3, -0.25) is 9.20 Å². The fraction of sp³-hybridized carbons (Fsp3) is 0.429. The van der Waals surface area contributed by atoms with Crippen LogP contribution in [0.3, 0.4) is 0 Å². The number of hydrogen-bond donors (Lipinski definition) is 1. The highest BCUT2D eigenvalue weighted by atomic mass is 32.1. The first-order valence-electron chi connectivity index (χ1n) is 9.82. The van der Waals surface area contributed by atoms with E-state index in [1.807, 2.05) is 47.2 Å². The Hall–Kier alpha value is -2.38. The van der Waals surface area contributed by atoms with Gasteiger partial charge in [-0.15, -0.1) is 11.3 Å². The molecule has 0 saturated carbocycles. The fourth-order valence-corrected chi connectivity index (χ4v) is 3.98. The first-order valence-corrected chi connectivity index (χ1v) is 10.7. The average Bonchev–Trinajstić information content (AvgIpc) is 3.28. The molecule has 2 aromatic heterocycles. The van der Waals surface area contributed by atoms with Crippen LogP contribution >= 0.6 is 11.3 Å². The second kappa shape index (κ2) is 9.71. The van der Waals surface area contributed by atoms with Gasteiger partial charge >= 0.3 is 0 Å². The summed E-state index contributed by atoms with van der Waals surface area (Å²) >= 11 is 1.56. The first-order chi connectivity index (χ1) is 13.6. The zero-order valence-electron chi connectivity index (χ0n) is 16.8. The van der Waals surface area contributed by atoms with Crippen molar-refractivity contribution in [1.29, 1.82) is 0 Å². The van der Waals surface area contributed by atoms with Gasteiger partial charge < -0.3 is 15.0 Å². The van der Waals surface area contributed by atoms with Crippen LogP contribution in [0.4, 0.5) is 0 Å². The second-order valence-corrected chi connectivity index (χ2v) is 7.35. The molecule has 0 bridgehead atoms. The highest BCUT2D eigenvalue weighted by molar-refractivity contribution is 7.15. The number of amides is 1. The summed E-state index contributed by atoms with van der Waals surface area (Å²) < 4.78 is 7.51. The molecule has 2 heterocycles. The predicted octanol–water partition coefficient (Wildman–Crippen LogP) is 3.46. The van der Waals surface area contributed by atoms with Crippen LogP contribution in [0.15, 0.2) is 35.8 Å². The van der Waals surface area contributed by atoms with E-state index in [0.717, 1.165) is 47.3 Å². The molecule has 0 atom stereocenters. The number of benzene rings is 1. The third kappa shape index (κ3) is 4.91. The lowest BCUT2D eigenvalue weighted by Gasteiger charge is -2.17. The quantitative estimate of drug-likeness (QED) is 0.566. The molecule has 28 heavy (non-hydrogen) atoms. The van der Waals surface area contributed by atoms with E-state index in [9.17, 15) is 4.79 Å². The molecule has 0 aliphatic rings. The normalized spacial score (nSPS) is 11.3. The number of thiazole rings is 1. The third-order valence-electron chi connectivity index (χ3n) is 4.73. The van der Waals surface area contributed by atoms with Crippen molar-refractivity contribution < 1.29 is 9.53 Å². The number of ether oxygens (including phenoxy) is 1. The minimum atomic E-state index is 0.0446. The SMILES string of the molecule is CCOc1ccc(-c2cn3c(CC(=O)NCCN(CC)CC)csc3n2)cc1. The highest BCUT2D eigenvalue weighted by Gasteiger charge is 2.13. The topological polar surface area (TPSA) is 58.9 Å². The van der Waals surface area contributed by atoms with E-state index in [1.54, 1.807) is 11.3 Å². The number of carbonyl (C=O) groups is 1. The van der Waals surface area contributed by atoms with Crippen LogP contribution in [0.25, 0.3) is 16.2 Å². The molecule has 3 rings (SSSR count). The molecule has 0 saturated heterocycles. The van der Waals surface area contributed by atoms with E-state index >= 15 is 0 Å². The summed E-state index contributed by atoms with van der Waals surface area (Å²) in [5.74, 6) is 0.900. The Morgan fingerprint density at radius 1 is 1.21 bits per heavy atom. The standard InChI is InChI=1S/C21H28N4O2S/c1-4-24(5-2)12-11-22-20(26)13-17-15-28-21-23-19(14-25(17)21)16-7-9-18(10-8-16)27-6-3/h7-10,14-15H,4-6,11-13H2,1-3H3,(H,22,26). The molecule has 1 amide bonds. The molecule has 7 heteroatoms. The zero-order valence-corrected chi connectivity index (χ0v) is 17.6. The Labute approximate surface area is 170 Å². The van der Waals surface area contributed by atoms with Crippen molar-refractivity contribution in [2.24, 2.45) is 0 Å². The van der Waals surface area contributed by atoms with Crippen LogP contribution in [0.1, 0.15) is 26.5 Å². The van der Waals surface area contributed by atoms with Crippen LogP contribution in [0.5, 0.6) is 5.75 Å². The van der Waals surface area contributed by atoms with Crippen molar-refractivity contribution in [3.8, 4) is 17.0 Å². The molecule has 1 aromatic carbocycles. The Balaban J connectivity index is 1.64. The van der Waals surface area contributed by atoms with Gasteiger partial charge in [0.25, 0.3) is 0 Å². The van der Waals surface area contributed by atoms with Crippen LogP contribution < -0.4 is 10.1 Å². The van der Waals surface area contributed by atoms with Crippen molar-refractivity contribution >= 4 is 22.2 Å². The fourth-order valence-electron chi connectivity index (χ4n) is 3.10.